The van der Waals surface area contributed by atoms with E-state index in [4.69, 9.17) is 11.6 Å². The molecule has 68 valence electrons. The van der Waals surface area contributed by atoms with Gasteiger partial charge in [0.05, 0.1) is 6.42 Å². The summed E-state index contributed by atoms with van der Waals surface area (Å²) in [7, 11) is 0. The lowest BCUT2D eigenvalue weighted by molar-refractivity contribution is -0.146. The van der Waals surface area contributed by atoms with Gasteiger partial charge in [-0.2, -0.15) is 0 Å². The fourth-order valence-corrected chi connectivity index (χ4v) is 0.483. The molecule has 0 unspecified atom stereocenters. The topological polar surface area (TPSA) is 116 Å². The summed E-state index contributed by atoms with van der Waals surface area (Å²) in [6.45, 7) is 0. The molecule has 0 aromatic heterocycles. The molecule has 7 nitrogen and oxygen atoms in total. The Morgan fingerprint density at radius 3 is 2.50 bits per heavy atom. The summed E-state index contributed by atoms with van der Waals surface area (Å²) in [5.74, 6) is -2.78. The van der Waals surface area contributed by atoms with Gasteiger partial charge >= 0.3 is 11.9 Å². The first kappa shape index (κ1) is 8.47. The van der Waals surface area contributed by atoms with Crippen LogP contribution in [0.5, 0.6) is 0 Å². The number of carboxylic acid groups (broad SMARTS) is 2. The Morgan fingerprint density at radius 1 is 1.58 bits per heavy atom. The van der Waals surface area contributed by atoms with Crippen LogP contribution in [0.15, 0.2) is 0 Å². The van der Waals surface area contributed by atoms with E-state index in [1.54, 1.807) is 0 Å². The van der Waals surface area contributed by atoms with Crippen molar-refractivity contribution in [3.8, 4) is 0 Å². The first-order chi connectivity index (χ1) is 5.97. The monoisotopic (exact) mass is 177 g/mol. The summed E-state index contributed by atoms with van der Waals surface area (Å²) in [6, 6.07) is -1.49. The molecule has 1 atom stereocenters. The molecule has 0 aliphatic carbocycles. The first-order valence-corrected chi connectivity index (χ1v) is 2.91. The molecule has 0 saturated heterocycles. The molecule has 0 radical (unpaired) electrons. The molecule has 0 aliphatic heterocycles. The predicted molar refractivity (Wildman–Crippen MR) is 36.0 cm³/mol. The van der Waals surface area contributed by atoms with Gasteiger partial charge in [0, 0.05) is 0 Å². The number of carboxylic acids is 2. The maximum atomic E-state index is 10.3. The molecule has 0 rings (SSSR count). The number of carbonyl (C=O) groups excluding carboxylic acids is 1. The third-order valence-corrected chi connectivity index (χ3v) is 0.960. The minimum absolute atomic E-state index is 0.0117. The van der Waals surface area contributed by atoms with Gasteiger partial charge in [0.2, 0.25) is 6.41 Å². The highest BCUT2D eigenvalue weighted by Crippen LogP contribution is 1.90. The Balaban J connectivity index is 4.17. The van der Waals surface area contributed by atoms with E-state index >= 15 is 0 Å². The van der Waals surface area contributed by atoms with Gasteiger partial charge in [0.15, 0.2) is 1.41 Å². The molecule has 0 aliphatic rings. The van der Waals surface area contributed by atoms with Crippen LogP contribution in [0.4, 0.5) is 0 Å². The maximum absolute atomic E-state index is 10.3. The first-order valence-electron chi connectivity index (χ1n) is 3.36. The van der Waals surface area contributed by atoms with E-state index < -0.39 is 24.4 Å². The summed E-state index contributed by atoms with van der Waals surface area (Å²) >= 11 is 0. The van der Waals surface area contributed by atoms with Crippen molar-refractivity contribution in [3.63, 3.8) is 0 Å². The zero-order valence-electron chi connectivity index (χ0n) is 6.93. The molecular formula is C5H8N2O5. The van der Waals surface area contributed by atoms with Crippen LogP contribution in [-0.2, 0) is 14.4 Å². The van der Waals surface area contributed by atoms with E-state index in [1.165, 1.54) is 0 Å². The predicted octanol–water partition coefficient (Wildman–Crippen LogP) is -1.84. The number of hydrazine groups is 1. The Kier molecular flexibility index (Phi) is 3.58. The second-order valence-electron chi connectivity index (χ2n) is 1.85. The van der Waals surface area contributed by atoms with Gasteiger partial charge in [-0.3, -0.25) is 19.8 Å². The Bertz CT molecular complexity index is 221. The summed E-state index contributed by atoms with van der Waals surface area (Å²) < 4.78 is 6.69. The minimum Gasteiger partial charge on any atom is -0.481 e. The van der Waals surface area contributed by atoms with E-state index in [9.17, 15) is 14.4 Å². The van der Waals surface area contributed by atoms with Gasteiger partial charge < -0.3 is 10.2 Å². The average molecular weight is 177 g/mol. The van der Waals surface area contributed by atoms with Crippen molar-refractivity contribution in [2.45, 2.75) is 12.5 Å². The van der Waals surface area contributed by atoms with Crippen molar-refractivity contribution in [1.82, 2.24) is 10.8 Å². The number of carbonyl (C=O) groups is 3. The van der Waals surface area contributed by atoms with Crippen molar-refractivity contribution < 1.29 is 26.0 Å². The standard InChI is InChI=1S/C5H8N2O5/c8-2-6-7-3(5(11)12)1-4(9)10/h2-3,7H,1H2,(H,6,8)(H,9,10)(H,11,12)/t3-/m0/s1/i/hD. The Labute approximate surface area is 68.8 Å². The van der Waals surface area contributed by atoms with Crippen molar-refractivity contribution >= 4 is 18.3 Å². The molecule has 0 aromatic rings. The zero-order chi connectivity index (χ0) is 10.4. The molecule has 7 heteroatoms. The molecule has 12 heavy (non-hydrogen) atoms. The number of aliphatic carboxylic acids is 2. The van der Waals surface area contributed by atoms with Crippen LogP contribution >= 0.6 is 0 Å². The summed E-state index contributed by atoms with van der Waals surface area (Å²) in [5.41, 5.74) is 1.95. The molecule has 4 N–H and O–H groups in total. The van der Waals surface area contributed by atoms with Crippen LogP contribution in [0, 0.1) is 0 Å². The average Bonchev–Trinajstić information content (AvgIpc) is 2.02. The number of hydrogen-bond acceptors (Lipinski definition) is 4. The largest absolute Gasteiger partial charge is 0.481 e. The van der Waals surface area contributed by atoms with Gasteiger partial charge in [-0.05, 0) is 0 Å². The maximum Gasteiger partial charge on any atom is 0.323 e. The third kappa shape index (κ3) is 4.23. The minimum atomic E-state index is -1.49. The summed E-state index contributed by atoms with van der Waals surface area (Å²) in [6.07, 6.45) is -0.698. The Hall–Kier alpha value is -1.63. The van der Waals surface area contributed by atoms with E-state index in [-0.39, 0.29) is 11.8 Å². The van der Waals surface area contributed by atoms with Crippen LogP contribution in [0.2, 0.25) is 1.41 Å². The van der Waals surface area contributed by atoms with Crippen LogP contribution in [-0.4, -0.2) is 34.6 Å². The lowest BCUT2D eigenvalue weighted by Crippen LogP contribution is -2.45. The molecule has 0 aromatic carbocycles. The highest BCUT2D eigenvalue weighted by atomic mass is 16.4. The molecule has 0 bridgehead atoms. The normalized spacial score (nSPS) is 12.8. The summed E-state index contributed by atoms with van der Waals surface area (Å²) in [4.78, 5) is 30.3. The number of amides is 1. The van der Waals surface area contributed by atoms with Crippen molar-refractivity contribution in [3.05, 3.63) is 0 Å². The molecule has 0 fully saturated rings. The van der Waals surface area contributed by atoms with Gasteiger partial charge in [-0.15, -0.1) is 0 Å². The van der Waals surface area contributed by atoms with Gasteiger partial charge in [0.25, 0.3) is 0 Å². The number of nitrogens with one attached hydrogen (secondary N) is 2. The number of rotatable bonds is 6. The van der Waals surface area contributed by atoms with Gasteiger partial charge in [-0.25, -0.2) is 5.43 Å². The van der Waals surface area contributed by atoms with Crippen LogP contribution in [0.25, 0.3) is 0 Å². The highest BCUT2D eigenvalue weighted by molar-refractivity contribution is 5.80. The van der Waals surface area contributed by atoms with Gasteiger partial charge in [-0.1, -0.05) is 0 Å². The highest BCUT2D eigenvalue weighted by Gasteiger charge is 2.19. The van der Waals surface area contributed by atoms with Gasteiger partial charge in [0.1, 0.15) is 6.04 Å². The van der Waals surface area contributed by atoms with Crippen molar-refractivity contribution in [2.75, 3.05) is 0 Å². The fraction of sp³-hybridized carbons (Fsp3) is 0.400. The van der Waals surface area contributed by atoms with Crippen molar-refractivity contribution in [1.29, 1.82) is 0 Å². The second-order valence-corrected chi connectivity index (χ2v) is 1.85. The third-order valence-electron chi connectivity index (χ3n) is 0.960. The summed E-state index contributed by atoms with van der Waals surface area (Å²) in [5, 5.41) is 16.7. The molecule has 0 saturated carbocycles. The Morgan fingerprint density at radius 2 is 2.17 bits per heavy atom. The zero-order valence-corrected chi connectivity index (χ0v) is 5.93. The lowest BCUT2D eigenvalue weighted by Gasteiger charge is -2.09. The lowest BCUT2D eigenvalue weighted by atomic mass is 10.2. The van der Waals surface area contributed by atoms with Crippen LogP contribution in [0.3, 0.4) is 0 Å². The van der Waals surface area contributed by atoms with Crippen LogP contribution in [0.1, 0.15) is 6.42 Å². The molecule has 0 heterocycles. The van der Waals surface area contributed by atoms with E-state index in [0.29, 0.717) is 0 Å². The molecule has 0 spiro atoms. The van der Waals surface area contributed by atoms with Crippen molar-refractivity contribution in [2.24, 2.45) is 0 Å². The second kappa shape index (κ2) is 5.08. The van der Waals surface area contributed by atoms with Crippen LogP contribution < -0.4 is 10.8 Å². The van der Waals surface area contributed by atoms with E-state index in [1.807, 2.05) is 5.43 Å². The van der Waals surface area contributed by atoms with E-state index in [2.05, 4.69) is 0 Å². The fourth-order valence-electron chi connectivity index (χ4n) is 0.483. The number of hydrogen-bond donors (Lipinski definition) is 4. The molecule has 1 amide bonds. The SMILES string of the molecule is [2H]N(C=O)N[C@@H](CC(=O)O)C(=O)O. The van der Waals surface area contributed by atoms with E-state index in [0.717, 1.165) is 0 Å². The smallest absolute Gasteiger partial charge is 0.323 e. The quantitative estimate of drug-likeness (QED) is 0.280. The molecular weight excluding hydrogens is 168 g/mol.